The van der Waals surface area contributed by atoms with E-state index in [0.29, 0.717) is 11.8 Å². The van der Waals surface area contributed by atoms with Crippen LogP contribution >= 0.6 is 0 Å². The molecule has 0 saturated carbocycles. The Labute approximate surface area is 90.1 Å². The van der Waals surface area contributed by atoms with Crippen molar-refractivity contribution in [2.75, 3.05) is 13.6 Å². The molecule has 0 aliphatic heterocycles. The summed E-state index contributed by atoms with van der Waals surface area (Å²) in [6.45, 7) is 6.38. The molecule has 0 saturated heterocycles. The van der Waals surface area contributed by atoms with Gasteiger partial charge in [0.1, 0.15) is 0 Å². The molecule has 15 heavy (non-hydrogen) atoms. The first kappa shape index (κ1) is 12.1. The molecule has 1 heterocycles. The Morgan fingerprint density at radius 3 is 2.53 bits per heavy atom. The van der Waals surface area contributed by atoms with Crippen LogP contribution in [0.3, 0.4) is 0 Å². The van der Waals surface area contributed by atoms with Crippen LogP contribution in [0.1, 0.15) is 38.1 Å². The summed E-state index contributed by atoms with van der Waals surface area (Å²) in [4.78, 5) is 2.08. The number of nitrogens with zero attached hydrogens (tertiary/aromatic N) is 3. The van der Waals surface area contributed by atoms with Gasteiger partial charge in [0.05, 0.1) is 12.1 Å². The average molecular weight is 213 g/mol. The van der Waals surface area contributed by atoms with E-state index < -0.39 is 0 Å². The van der Waals surface area contributed by atoms with Crippen molar-refractivity contribution in [2.45, 2.75) is 39.3 Å². The number of hydrogen-bond acceptors (Lipinski definition) is 5. The minimum absolute atomic E-state index is 0.0879. The van der Waals surface area contributed by atoms with Crippen LogP contribution in [0.25, 0.3) is 0 Å². The maximum Gasteiger partial charge on any atom is 0.233 e. The minimum atomic E-state index is -0.274. The van der Waals surface area contributed by atoms with E-state index in [-0.39, 0.29) is 12.1 Å². The predicted octanol–water partition coefficient (Wildman–Crippen LogP) is 1.14. The largest absolute Gasteiger partial charge is 0.424 e. The van der Waals surface area contributed by atoms with Crippen molar-refractivity contribution < 1.29 is 9.52 Å². The summed E-state index contributed by atoms with van der Waals surface area (Å²) in [5.41, 5.74) is 0. The molecule has 1 aromatic heterocycles. The number of rotatable bonds is 5. The zero-order chi connectivity index (χ0) is 11.4. The van der Waals surface area contributed by atoms with E-state index in [2.05, 4.69) is 15.1 Å². The molecule has 0 fully saturated rings. The van der Waals surface area contributed by atoms with E-state index in [9.17, 15) is 5.11 Å². The molecule has 1 N–H and O–H groups in total. The highest BCUT2D eigenvalue weighted by atomic mass is 16.4. The van der Waals surface area contributed by atoms with Crippen LogP contribution in [0.4, 0.5) is 0 Å². The topological polar surface area (TPSA) is 62.4 Å². The van der Waals surface area contributed by atoms with Crippen LogP contribution in [0.15, 0.2) is 4.42 Å². The lowest BCUT2D eigenvalue weighted by Gasteiger charge is -2.22. The SMILES string of the molecule is Cc1nnc(C(C)N(C)CCC(C)O)o1. The fraction of sp³-hybridized carbons (Fsp3) is 0.800. The van der Waals surface area contributed by atoms with Crippen molar-refractivity contribution in [1.82, 2.24) is 15.1 Å². The van der Waals surface area contributed by atoms with Crippen molar-refractivity contribution in [2.24, 2.45) is 0 Å². The number of aliphatic hydroxyl groups excluding tert-OH is 1. The first-order valence-electron chi connectivity index (χ1n) is 5.19. The molecule has 2 unspecified atom stereocenters. The highest BCUT2D eigenvalue weighted by Gasteiger charge is 2.17. The van der Waals surface area contributed by atoms with Crippen molar-refractivity contribution in [3.63, 3.8) is 0 Å². The van der Waals surface area contributed by atoms with Gasteiger partial charge in [-0.3, -0.25) is 4.90 Å². The molecular weight excluding hydrogens is 194 g/mol. The predicted molar refractivity (Wildman–Crippen MR) is 56.4 cm³/mol. The third-order valence-corrected chi connectivity index (χ3v) is 2.46. The molecule has 0 aliphatic rings. The zero-order valence-corrected chi connectivity index (χ0v) is 9.77. The fourth-order valence-electron chi connectivity index (χ4n) is 1.25. The van der Waals surface area contributed by atoms with Crippen LogP contribution < -0.4 is 0 Å². The summed E-state index contributed by atoms with van der Waals surface area (Å²) in [5, 5.41) is 16.9. The first-order chi connectivity index (χ1) is 7.00. The minimum Gasteiger partial charge on any atom is -0.424 e. The summed E-state index contributed by atoms with van der Waals surface area (Å²) < 4.78 is 5.35. The second-order valence-electron chi connectivity index (χ2n) is 3.95. The Morgan fingerprint density at radius 2 is 2.07 bits per heavy atom. The maximum atomic E-state index is 9.18. The smallest absolute Gasteiger partial charge is 0.233 e. The quantitative estimate of drug-likeness (QED) is 0.794. The van der Waals surface area contributed by atoms with Gasteiger partial charge in [-0.15, -0.1) is 10.2 Å². The number of aryl methyl sites for hydroxylation is 1. The number of aromatic nitrogens is 2. The Bertz CT molecular complexity index is 299. The van der Waals surface area contributed by atoms with Gasteiger partial charge in [-0.05, 0) is 27.3 Å². The van der Waals surface area contributed by atoms with Crippen LogP contribution in [0.2, 0.25) is 0 Å². The normalized spacial score (nSPS) is 15.6. The molecule has 0 radical (unpaired) electrons. The molecule has 5 heteroatoms. The Kier molecular flexibility index (Phi) is 4.23. The molecule has 2 atom stereocenters. The Morgan fingerprint density at radius 1 is 1.40 bits per heavy atom. The molecule has 1 aromatic rings. The summed E-state index contributed by atoms with van der Waals surface area (Å²) in [6.07, 6.45) is 0.470. The van der Waals surface area contributed by atoms with Crippen LogP contribution in [-0.4, -0.2) is 39.9 Å². The van der Waals surface area contributed by atoms with E-state index in [1.165, 1.54) is 0 Å². The second kappa shape index (κ2) is 5.23. The Hall–Kier alpha value is -0.940. The molecule has 0 aromatic carbocycles. The van der Waals surface area contributed by atoms with Crippen LogP contribution in [0, 0.1) is 6.92 Å². The summed E-state index contributed by atoms with van der Waals surface area (Å²) in [5.74, 6) is 1.21. The third-order valence-electron chi connectivity index (χ3n) is 2.46. The highest BCUT2D eigenvalue weighted by molar-refractivity contribution is 4.87. The van der Waals surface area contributed by atoms with Crippen molar-refractivity contribution in [1.29, 1.82) is 0 Å². The van der Waals surface area contributed by atoms with Gasteiger partial charge in [0.2, 0.25) is 11.8 Å². The van der Waals surface area contributed by atoms with Gasteiger partial charge in [-0.2, -0.15) is 0 Å². The van der Waals surface area contributed by atoms with Gasteiger partial charge in [-0.1, -0.05) is 0 Å². The Balaban J connectivity index is 2.49. The van der Waals surface area contributed by atoms with E-state index in [1.807, 2.05) is 14.0 Å². The van der Waals surface area contributed by atoms with Crippen molar-refractivity contribution in [3.05, 3.63) is 11.8 Å². The van der Waals surface area contributed by atoms with Crippen LogP contribution in [-0.2, 0) is 0 Å². The molecule has 0 bridgehead atoms. The fourth-order valence-corrected chi connectivity index (χ4v) is 1.25. The standard InChI is InChI=1S/C10H19N3O2/c1-7(14)5-6-13(4)8(2)10-12-11-9(3)15-10/h7-8,14H,5-6H2,1-4H3. The first-order valence-corrected chi connectivity index (χ1v) is 5.19. The molecule has 0 spiro atoms. The lowest BCUT2D eigenvalue weighted by Crippen LogP contribution is -2.26. The van der Waals surface area contributed by atoms with Gasteiger partial charge in [-0.25, -0.2) is 0 Å². The second-order valence-corrected chi connectivity index (χ2v) is 3.95. The van der Waals surface area contributed by atoms with Gasteiger partial charge in [0.15, 0.2) is 0 Å². The average Bonchev–Trinajstić information content (AvgIpc) is 2.60. The van der Waals surface area contributed by atoms with E-state index in [4.69, 9.17) is 4.42 Å². The van der Waals surface area contributed by atoms with Gasteiger partial charge in [0.25, 0.3) is 0 Å². The van der Waals surface area contributed by atoms with Gasteiger partial charge < -0.3 is 9.52 Å². The van der Waals surface area contributed by atoms with Crippen molar-refractivity contribution >= 4 is 0 Å². The monoisotopic (exact) mass is 213 g/mol. The highest BCUT2D eigenvalue weighted by Crippen LogP contribution is 2.17. The number of aliphatic hydroxyl groups is 1. The van der Waals surface area contributed by atoms with Crippen LogP contribution in [0.5, 0.6) is 0 Å². The van der Waals surface area contributed by atoms with E-state index in [0.717, 1.165) is 13.0 Å². The van der Waals surface area contributed by atoms with Gasteiger partial charge >= 0.3 is 0 Å². The summed E-state index contributed by atoms with van der Waals surface area (Å²) in [7, 11) is 1.98. The summed E-state index contributed by atoms with van der Waals surface area (Å²) in [6, 6.07) is 0.0879. The van der Waals surface area contributed by atoms with Gasteiger partial charge in [0, 0.05) is 13.5 Å². The number of hydrogen-bond donors (Lipinski definition) is 1. The molecule has 86 valence electrons. The third kappa shape index (κ3) is 3.60. The maximum absolute atomic E-state index is 9.18. The zero-order valence-electron chi connectivity index (χ0n) is 9.77. The van der Waals surface area contributed by atoms with Crippen molar-refractivity contribution in [3.8, 4) is 0 Å². The lowest BCUT2D eigenvalue weighted by atomic mass is 10.2. The van der Waals surface area contributed by atoms with E-state index in [1.54, 1.807) is 13.8 Å². The lowest BCUT2D eigenvalue weighted by molar-refractivity contribution is 0.145. The molecular formula is C10H19N3O2. The molecule has 0 amide bonds. The summed E-state index contributed by atoms with van der Waals surface area (Å²) >= 11 is 0. The molecule has 1 rings (SSSR count). The molecule has 0 aliphatic carbocycles. The molecule has 5 nitrogen and oxygen atoms in total. The van der Waals surface area contributed by atoms with E-state index >= 15 is 0 Å².